The summed E-state index contributed by atoms with van der Waals surface area (Å²) >= 11 is 1.64. The Hall–Kier alpha value is -1.44. The van der Waals surface area contributed by atoms with Crippen LogP contribution in [0, 0.1) is 5.92 Å². The summed E-state index contributed by atoms with van der Waals surface area (Å²) in [5.41, 5.74) is 2.31. The molecule has 0 aromatic carbocycles. The van der Waals surface area contributed by atoms with Crippen LogP contribution in [0.25, 0.3) is 0 Å². The number of carbonyl (C=O) groups excluding carboxylic acids is 1. The first-order valence-corrected chi connectivity index (χ1v) is 9.01. The second-order valence-corrected chi connectivity index (χ2v) is 7.49. The molecule has 0 bridgehead atoms. The van der Waals surface area contributed by atoms with Crippen LogP contribution in [0.2, 0.25) is 0 Å². The highest BCUT2D eigenvalue weighted by Gasteiger charge is 2.35. The lowest BCUT2D eigenvalue weighted by atomic mass is 9.90. The molecule has 1 saturated heterocycles. The van der Waals surface area contributed by atoms with Crippen molar-refractivity contribution in [3.05, 3.63) is 28.5 Å². The van der Waals surface area contributed by atoms with Crippen LogP contribution in [-0.2, 0) is 24.7 Å². The van der Waals surface area contributed by atoms with E-state index >= 15 is 0 Å². The summed E-state index contributed by atoms with van der Waals surface area (Å²) < 4.78 is 1.79. The number of hydrogen-bond acceptors (Lipinski definition) is 5. The number of thiazole rings is 1. The lowest BCUT2D eigenvalue weighted by molar-refractivity contribution is -0.119. The van der Waals surface area contributed by atoms with Crippen molar-refractivity contribution in [1.29, 1.82) is 0 Å². The van der Waals surface area contributed by atoms with Gasteiger partial charge >= 0.3 is 0 Å². The zero-order valence-electron chi connectivity index (χ0n) is 13.6. The molecule has 2 N–H and O–H groups in total. The van der Waals surface area contributed by atoms with Crippen molar-refractivity contribution < 1.29 is 4.79 Å². The standard InChI is InChI=1S/C16H21N5OS.ClH/c1-21-9-10(6-18-21)11-7-17-8-12(11)15(22)20-16-19-13-4-2-3-5-14(13)23-16;/h6,9,11-12,17H,2-5,7-8H2,1H3,(H,19,20,22);1H/t11-,12+;/m1./s1. The number of halogens is 1. The average molecular weight is 368 g/mol. The monoisotopic (exact) mass is 367 g/mol. The second-order valence-electron chi connectivity index (χ2n) is 6.40. The van der Waals surface area contributed by atoms with Crippen molar-refractivity contribution in [2.75, 3.05) is 18.4 Å². The summed E-state index contributed by atoms with van der Waals surface area (Å²) in [6.45, 7) is 1.52. The molecule has 2 aromatic heterocycles. The fourth-order valence-corrected chi connectivity index (χ4v) is 4.59. The van der Waals surface area contributed by atoms with E-state index in [2.05, 4.69) is 20.7 Å². The Kier molecular flexibility index (Phi) is 5.22. The van der Waals surface area contributed by atoms with Crippen molar-refractivity contribution in [1.82, 2.24) is 20.1 Å². The molecular formula is C16H22ClN5OS. The maximum Gasteiger partial charge on any atom is 0.231 e. The van der Waals surface area contributed by atoms with E-state index in [1.54, 1.807) is 16.0 Å². The fourth-order valence-electron chi connectivity index (χ4n) is 3.54. The minimum absolute atomic E-state index is 0. The Labute approximate surface area is 151 Å². The molecular weight excluding hydrogens is 346 g/mol. The van der Waals surface area contributed by atoms with Gasteiger partial charge in [-0.1, -0.05) is 0 Å². The molecule has 1 aliphatic carbocycles. The molecule has 0 saturated carbocycles. The van der Waals surface area contributed by atoms with E-state index in [1.807, 2.05) is 19.4 Å². The average Bonchev–Trinajstić information content (AvgIpc) is 3.24. The molecule has 1 aliphatic heterocycles. The van der Waals surface area contributed by atoms with E-state index in [9.17, 15) is 4.79 Å². The number of anilines is 1. The minimum atomic E-state index is -0.0693. The Morgan fingerprint density at radius 2 is 2.21 bits per heavy atom. The second kappa shape index (κ2) is 7.21. The topological polar surface area (TPSA) is 71.8 Å². The van der Waals surface area contributed by atoms with Crippen LogP contribution >= 0.6 is 23.7 Å². The van der Waals surface area contributed by atoms with Gasteiger partial charge in [-0.05, 0) is 31.2 Å². The van der Waals surface area contributed by atoms with Gasteiger partial charge in [0, 0.05) is 37.1 Å². The van der Waals surface area contributed by atoms with E-state index in [1.165, 1.54) is 23.4 Å². The Morgan fingerprint density at radius 3 is 2.96 bits per heavy atom. The van der Waals surface area contributed by atoms with Crippen molar-refractivity contribution in [2.24, 2.45) is 13.0 Å². The number of rotatable bonds is 3. The largest absolute Gasteiger partial charge is 0.315 e. The number of fused-ring (bicyclic) bond motifs is 1. The highest BCUT2D eigenvalue weighted by atomic mass is 35.5. The predicted molar refractivity (Wildman–Crippen MR) is 96.9 cm³/mol. The number of hydrogen-bond donors (Lipinski definition) is 2. The summed E-state index contributed by atoms with van der Waals surface area (Å²) in [4.78, 5) is 18.7. The van der Waals surface area contributed by atoms with Crippen LogP contribution in [-0.4, -0.2) is 33.8 Å². The third-order valence-electron chi connectivity index (χ3n) is 4.78. The van der Waals surface area contributed by atoms with Crippen LogP contribution in [0.15, 0.2) is 12.4 Å². The summed E-state index contributed by atoms with van der Waals surface area (Å²) in [7, 11) is 1.90. The molecule has 0 unspecified atom stereocenters. The van der Waals surface area contributed by atoms with Crippen LogP contribution in [0.4, 0.5) is 5.13 Å². The molecule has 24 heavy (non-hydrogen) atoms. The smallest absolute Gasteiger partial charge is 0.231 e. The van der Waals surface area contributed by atoms with Gasteiger partial charge < -0.3 is 10.6 Å². The van der Waals surface area contributed by atoms with Crippen molar-refractivity contribution >= 4 is 34.8 Å². The van der Waals surface area contributed by atoms with Gasteiger partial charge in [-0.15, -0.1) is 23.7 Å². The maximum atomic E-state index is 12.7. The van der Waals surface area contributed by atoms with Crippen molar-refractivity contribution in [3.63, 3.8) is 0 Å². The molecule has 1 fully saturated rings. The van der Waals surface area contributed by atoms with Gasteiger partial charge in [-0.25, -0.2) is 4.98 Å². The molecule has 0 spiro atoms. The third kappa shape index (κ3) is 3.34. The van der Waals surface area contributed by atoms with Gasteiger partial charge in [0.05, 0.1) is 17.8 Å². The van der Waals surface area contributed by atoms with E-state index in [0.717, 1.165) is 30.1 Å². The van der Waals surface area contributed by atoms with Gasteiger partial charge in [0.1, 0.15) is 0 Å². The number of nitrogens with one attached hydrogen (secondary N) is 2. The van der Waals surface area contributed by atoms with Gasteiger partial charge in [-0.3, -0.25) is 9.48 Å². The molecule has 6 nitrogen and oxygen atoms in total. The normalized spacial score (nSPS) is 22.7. The third-order valence-corrected chi connectivity index (χ3v) is 5.85. The fraction of sp³-hybridized carbons (Fsp3) is 0.562. The number of amides is 1. The number of aryl methyl sites for hydroxylation is 3. The lowest BCUT2D eigenvalue weighted by Crippen LogP contribution is -2.28. The Morgan fingerprint density at radius 1 is 1.38 bits per heavy atom. The minimum Gasteiger partial charge on any atom is -0.315 e. The summed E-state index contributed by atoms with van der Waals surface area (Å²) in [6, 6.07) is 0. The summed E-state index contributed by atoms with van der Waals surface area (Å²) in [5, 5.41) is 11.4. The highest BCUT2D eigenvalue weighted by molar-refractivity contribution is 7.15. The van der Waals surface area contributed by atoms with Gasteiger partial charge in [0.15, 0.2) is 5.13 Å². The SMILES string of the molecule is Cl.Cn1cc([C@H]2CNC[C@@H]2C(=O)Nc2nc3c(s2)CCCC3)cn1. The summed E-state index contributed by atoms with van der Waals surface area (Å²) in [6.07, 6.45) is 8.45. The zero-order valence-corrected chi connectivity index (χ0v) is 15.3. The first-order valence-electron chi connectivity index (χ1n) is 8.19. The molecule has 8 heteroatoms. The van der Waals surface area contributed by atoms with Crippen molar-refractivity contribution in [2.45, 2.75) is 31.6 Å². The van der Waals surface area contributed by atoms with Crippen molar-refractivity contribution in [3.8, 4) is 0 Å². The molecule has 2 atom stereocenters. The van der Waals surface area contributed by atoms with Gasteiger partial charge in [0.25, 0.3) is 0 Å². The number of aromatic nitrogens is 3. The first kappa shape index (κ1) is 17.4. The molecule has 2 aliphatic rings. The number of carbonyl (C=O) groups is 1. The maximum absolute atomic E-state index is 12.7. The Balaban J connectivity index is 0.00000169. The number of nitrogens with zero attached hydrogens (tertiary/aromatic N) is 3. The Bertz CT molecular complexity index is 704. The lowest BCUT2D eigenvalue weighted by Gasteiger charge is -2.15. The molecule has 4 rings (SSSR count). The molecule has 3 heterocycles. The molecule has 1 amide bonds. The molecule has 2 aromatic rings. The first-order chi connectivity index (χ1) is 11.2. The molecule has 0 radical (unpaired) electrons. The molecule has 130 valence electrons. The van der Waals surface area contributed by atoms with E-state index in [-0.39, 0.29) is 30.2 Å². The van der Waals surface area contributed by atoms with E-state index in [4.69, 9.17) is 0 Å². The highest BCUT2D eigenvalue weighted by Crippen LogP contribution is 2.32. The van der Waals surface area contributed by atoms with E-state index in [0.29, 0.717) is 6.54 Å². The van der Waals surface area contributed by atoms with Crippen LogP contribution in [0.5, 0.6) is 0 Å². The van der Waals surface area contributed by atoms with Crippen LogP contribution in [0.1, 0.15) is 34.9 Å². The van der Waals surface area contributed by atoms with Crippen LogP contribution < -0.4 is 10.6 Å². The van der Waals surface area contributed by atoms with Gasteiger partial charge in [-0.2, -0.15) is 5.10 Å². The predicted octanol–water partition coefficient (Wildman–Crippen LogP) is 2.12. The zero-order chi connectivity index (χ0) is 15.8. The van der Waals surface area contributed by atoms with Crippen LogP contribution in [0.3, 0.4) is 0 Å². The van der Waals surface area contributed by atoms with E-state index < -0.39 is 0 Å². The summed E-state index contributed by atoms with van der Waals surface area (Å²) in [5.74, 6) is 0.174. The quantitative estimate of drug-likeness (QED) is 0.871. The van der Waals surface area contributed by atoms with Gasteiger partial charge in [0.2, 0.25) is 5.91 Å².